The normalized spacial score (nSPS) is 19.0. The molecule has 1 heteroatoms. The van der Waals surface area contributed by atoms with Crippen LogP contribution in [0.4, 0.5) is 0 Å². The second-order valence-corrected chi connectivity index (χ2v) is 2.31. The van der Waals surface area contributed by atoms with E-state index in [9.17, 15) is 0 Å². The molecule has 0 fully saturated rings. The van der Waals surface area contributed by atoms with Gasteiger partial charge in [0.25, 0.3) is 0 Å². The van der Waals surface area contributed by atoms with E-state index in [1.165, 1.54) is 0 Å². The fourth-order valence-corrected chi connectivity index (χ4v) is 0.857. The summed E-state index contributed by atoms with van der Waals surface area (Å²) in [5, 5.41) is 0. The van der Waals surface area contributed by atoms with Gasteiger partial charge in [-0.15, -0.1) is 0 Å². The van der Waals surface area contributed by atoms with Crippen LogP contribution in [0.1, 0.15) is 13.3 Å². The van der Waals surface area contributed by atoms with Gasteiger partial charge < -0.3 is 5.73 Å². The third-order valence-electron chi connectivity index (χ3n) is 1.54. The molecule has 0 aromatic rings. The van der Waals surface area contributed by atoms with Gasteiger partial charge in [0.15, 0.2) is 0 Å². The van der Waals surface area contributed by atoms with Crippen molar-refractivity contribution in [3.05, 3.63) is 35.6 Å². The molecule has 0 spiro atoms. The summed E-state index contributed by atoms with van der Waals surface area (Å²) in [5.41, 5.74) is 8.68. The summed E-state index contributed by atoms with van der Waals surface area (Å²) in [6.45, 7) is 5.81. The van der Waals surface area contributed by atoms with E-state index in [2.05, 4.69) is 12.7 Å². The molecule has 48 valence electrons. The predicted octanol–water partition coefficient (Wildman–Crippen LogP) is 1.74. The van der Waals surface area contributed by atoms with Crippen LogP contribution >= 0.6 is 0 Å². The van der Waals surface area contributed by atoms with Gasteiger partial charge in [0.1, 0.15) is 0 Å². The minimum absolute atomic E-state index is 0.859. The van der Waals surface area contributed by atoms with Crippen LogP contribution in [0.3, 0.4) is 0 Å². The molecule has 2 N–H and O–H groups in total. The van der Waals surface area contributed by atoms with Crippen LogP contribution in [-0.2, 0) is 0 Å². The second kappa shape index (κ2) is 2.09. The van der Waals surface area contributed by atoms with Crippen molar-refractivity contribution < 1.29 is 0 Å². The summed E-state index contributed by atoms with van der Waals surface area (Å²) in [6.07, 6.45) is 5.02. The molecule has 1 rings (SSSR count). The van der Waals surface area contributed by atoms with Crippen LogP contribution < -0.4 is 5.73 Å². The maximum Gasteiger partial charge on any atom is 0.0373 e. The average molecular weight is 121 g/mol. The van der Waals surface area contributed by atoms with Crippen molar-refractivity contribution in [2.24, 2.45) is 5.73 Å². The molecule has 0 saturated heterocycles. The SMILES string of the molecule is C=C1CC=CC(C)=C1N. The molecule has 0 atom stereocenters. The maximum atomic E-state index is 5.65. The second-order valence-electron chi connectivity index (χ2n) is 2.31. The molecule has 1 aliphatic rings. The molecular weight excluding hydrogens is 110 g/mol. The highest BCUT2D eigenvalue weighted by atomic mass is 14.6. The van der Waals surface area contributed by atoms with Gasteiger partial charge in [0.05, 0.1) is 0 Å². The Balaban J connectivity index is 2.97. The summed E-state index contributed by atoms with van der Waals surface area (Å²) >= 11 is 0. The zero-order valence-corrected chi connectivity index (χ0v) is 5.65. The van der Waals surface area contributed by atoms with E-state index in [4.69, 9.17) is 5.73 Å². The highest BCUT2D eigenvalue weighted by molar-refractivity contribution is 5.40. The maximum absolute atomic E-state index is 5.65. The van der Waals surface area contributed by atoms with Crippen molar-refractivity contribution in [2.45, 2.75) is 13.3 Å². The molecule has 1 nitrogen and oxygen atoms in total. The van der Waals surface area contributed by atoms with Crippen molar-refractivity contribution in [3.8, 4) is 0 Å². The smallest absolute Gasteiger partial charge is 0.0373 e. The molecule has 0 aromatic heterocycles. The van der Waals surface area contributed by atoms with E-state index >= 15 is 0 Å². The predicted molar refractivity (Wildman–Crippen MR) is 39.8 cm³/mol. The van der Waals surface area contributed by atoms with E-state index in [1.807, 2.05) is 13.0 Å². The van der Waals surface area contributed by atoms with Gasteiger partial charge >= 0.3 is 0 Å². The highest BCUT2D eigenvalue weighted by Gasteiger charge is 2.02. The monoisotopic (exact) mass is 121 g/mol. The van der Waals surface area contributed by atoms with E-state index < -0.39 is 0 Å². The van der Waals surface area contributed by atoms with Crippen LogP contribution in [0.25, 0.3) is 0 Å². The first-order valence-corrected chi connectivity index (χ1v) is 3.03. The Hall–Kier alpha value is -0.980. The van der Waals surface area contributed by atoms with Gasteiger partial charge in [-0.05, 0) is 24.5 Å². The van der Waals surface area contributed by atoms with E-state index in [1.54, 1.807) is 0 Å². The van der Waals surface area contributed by atoms with Crippen LogP contribution in [0.15, 0.2) is 35.6 Å². The summed E-state index contributed by atoms with van der Waals surface area (Å²) in [5.74, 6) is 0. The minimum atomic E-state index is 0.859. The molecule has 0 radical (unpaired) electrons. The van der Waals surface area contributed by atoms with Crippen molar-refractivity contribution >= 4 is 0 Å². The van der Waals surface area contributed by atoms with Gasteiger partial charge in [-0.25, -0.2) is 0 Å². The van der Waals surface area contributed by atoms with Crippen LogP contribution in [-0.4, -0.2) is 0 Å². The lowest BCUT2D eigenvalue weighted by atomic mass is 10.0. The lowest BCUT2D eigenvalue weighted by molar-refractivity contribution is 1.12. The largest absolute Gasteiger partial charge is 0.398 e. The Morgan fingerprint density at radius 1 is 1.67 bits per heavy atom. The first-order chi connectivity index (χ1) is 4.22. The number of hydrogen-bond acceptors (Lipinski definition) is 1. The molecule has 0 amide bonds. The Kier molecular flexibility index (Phi) is 1.43. The average Bonchev–Trinajstić information content (AvgIpc) is 1.83. The number of nitrogens with two attached hydrogens (primary N) is 1. The Morgan fingerprint density at radius 2 is 2.33 bits per heavy atom. The summed E-state index contributed by atoms with van der Waals surface area (Å²) in [6, 6.07) is 0. The molecule has 1 aliphatic carbocycles. The van der Waals surface area contributed by atoms with E-state index in [0.29, 0.717) is 0 Å². The van der Waals surface area contributed by atoms with E-state index in [0.717, 1.165) is 23.3 Å². The third kappa shape index (κ3) is 1.04. The minimum Gasteiger partial charge on any atom is -0.398 e. The van der Waals surface area contributed by atoms with Crippen LogP contribution in [0.5, 0.6) is 0 Å². The summed E-state index contributed by atoms with van der Waals surface area (Å²) < 4.78 is 0. The van der Waals surface area contributed by atoms with Crippen molar-refractivity contribution in [2.75, 3.05) is 0 Å². The zero-order valence-electron chi connectivity index (χ0n) is 5.65. The van der Waals surface area contributed by atoms with Crippen molar-refractivity contribution in [1.82, 2.24) is 0 Å². The van der Waals surface area contributed by atoms with Gasteiger partial charge in [0.2, 0.25) is 0 Å². The summed E-state index contributed by atoms with van der Waals surface area (Å²) in [7, 11) is 0. The number of hydrogen-bond donors (Lipinski definition) is 1. The molecule has 0 aromatic carbocycles. The first-order valence-electron chi connectivity index (χ1n) is 3.03. The number of rotatable bonds is 0. The molecule has 0 saturated carbocycles. The van der Waals surface area contributed by atoms with Crippen molar-refractivity contribution in [1.29, 1.82) is 0 Å². The molecule has 0 aliphatic heterocycles. The molecule has 0 heterocycles. The molecule has 0 unspecified atom stereocenters. The zero-order chi connectivity index (χ0) is 6.85. The lowest BCUT2D eigenvalue weighted by Crippen LogP contribution is -2.04. The fourth-order valence-electron chi connectivity index (χ4n) is 0.857. The Bertz CT molecular complexity index is 197. The Labute approximate surface area is 55.6 Å². The standard InChI is InChI=1S/C8H11N/c1-6-4-3-5-7(2)8(6)9/h3,5H,1,4,9H2,2H3. The third-order valence-corrected chi connectivity index (χ3v) is 1.54. The number of allylic oxidation sites excluding steroid dienone is 4. The van der Waals surface area contributed by atoms with E-state index in [-0.39, 0.29) is 0 Å². The van der Waals surface area contributed by atoms with Gasteiger partial charge in [-0.3, -0.25) is 0 Å². The highest BCUT2D eigenvalue weighted by Crippen LogP contribution is 2.17. The van der Waals surface area contributed by atoms with Gasteiger partial charge in [-0.1, -0.05) is 18.7 Å². The first kappa shape index (κ1) is 6.14. The topological polar surface area (TPSA) is 26.0 Å². The van der Waals surface area contributed by atoms with Gasteiger partial charge in [-0.2, -0.15) is 0 Å². The lowest BCUT2D eigenvalue weighted by Gasteiger charge is -2.09. The molecule has 0 bridgehead atoms. The summed E-state index contributed by atoms with van der Waals surface area (Å²) in [4.78, 5) is 0. The van der Waals surface area contributed by atoms with Crippen LogP contribution in [0.2, 0.25) is 0 Å². The molecular formula is C8H11N. The van der Waals surface area contributed by atoms with Crippen molar-refractivity contribution in [3.63, 3.8) is 0 Å². The van der Waals surface area contributed by atoms with Crippen LogP contribution in [0, 0.1) is 0 Å². The van der Waals surface area contributed by atoms with Gasteiger partial charge in [0, 0.05) is 5.70 Å². The fraction of sp³-hybridized carbons (Fsp3) is 0.250. The molecule has 9 heavy (non-hydrogen) atoms. The quantitative estimate of drug-likeness (QED) is 0.519. The Morgan fingerprint density at radius 3 is 2.78 bits per heavy atom.